The second-order valence-corrected chi connectivity index (χ2v) is 3.45. The van der Waals surface area contributed by atoms with Crippen LogP contribution in [0.15, 0.2) is 34.7 Å². The predicted octanol–water partition coefficient (Wildman–Crippen LogP) is 3.76. The zero-order chi connectivity index (χ0) is 13.2. The Kier molecular flexibility index (Phi) is 3.27. The third-order valence-electron chi connectivity index (χ3n) is 2.16. The molecule has 6 heteroatoms. The Labute approximate surface area is 101 Å². The molecule has 0 N–H and O–H groups in total. The molecule has 0 saturated carbocycles. The number of hydrogen-bond acceptors (Lipinski definition) is 3. The van der Waals surface area contributed by atoms with Gasteiger partial charge in [-0.15, -0.1) is 0 Å². The van der Waals surface area contributed by atoms with Crippen molar-refractivity contribution in [3.05, 3.63) is 36.0 Å². The van der Waals surface area contributed by atoms with Crippen LogP contribution >= 0.6 is 0 Å². The van der Waals surface area contributed by atoms with Gasteiger partial charge in [0, 0.05) is 5.56 Å². The standard InChI is InChI=1S/C12H10F3NO2/c1-2-17-11-9(12(13,14)15)16-10(18-11)8-6-4-3-5-7-8/h3-7H,2H2,1H3. The van der Waals surface area contributed by atoms with Gasteiger partial charge in [0.2, 0.25) is 11.6 Å². The van der Waals surface area contributed by atoms with E-state index in [4.69, 9.17) is 9.15 Å². The second-order valence-electron chi connectivity index (χ2n) is 3.45. The van der Waals surface area contributed by atoms with E-state index in [1.165, 1.54) is 0 Å². The van der Waals surface area contributed by atoms with Crippen molar-refractivity contribution in [1.29, 1.82) is 0 Å². The Bertz CT molecular complexity index is 520. The third kappa shape index (κ3) is 2.47. The van der Waals surface area contributed by atoms with E-state index >= 15 is 0 Å². The molecule has 0 saturated heterocycles. The van der Waals surface area contributed by atoms with Crippen LogP contribution in [-0.4, -0.2) is 11.6 Å². The first kappa shape index (κ1) is 12.5. The first-order chi connectivity index (χ1) is 8.52. The maximum absolute atomic E-state index is 12.7. The van der Waals surface area contributed by atoms with Crippen molar-refractivity contribution in [3.63, 3.8) is 0 Å². The summed E-state index contributed by atoms with van der Waals surface area (Å²) in [7, 11) is 0. The molecule has 0 spiro atoms. The van der Waals surface area contributed by atoms with Gasteiger partial charge < -0.3 is 9.15 Å². The van der Waals surface area contributed by atoms with Crippen molar-refractivity contribution < 1.29 is 22.3 Å². The number of rotatable bonds is 3. The first-order valence-electron chi connectivity index (χ1n) is 5.28. The van der Waals surface area contributed by atoms with Gasteiger partial charge in [-0.2, -0.15) is 13.2 Å². The Morgan fingerprint density at radius 1 is 1.22 bits per heavy atom. The highest BCUT2D eigenvalue weighted by Crippen LogP contribution is 2.38. The number of halogens is 3. The maximum Gasteiger partial charge on any atom is 0.440 e. The predicted molar refractivity (Wildman–Crippen MR) is 58.1 cm³/mol. The Hall–Kier alpha value is -1.98. The van der Waals surface area contributed by atoms with E-state index < -0.39 is 17.8 Å². The minimum Gasteiger partial charge on any atom is -0.464 e. The lowest BCUT2D eigenvalue weighted by molar-refractivity contribution is -0.142. The lowest BCUT2D eigenvalue weighted by atomic mass is 10.2. The van der Waals surface area contributed by atoms with Gasteiger partial charge in [-0.3, -0.25) is 0 Å². The number of alkyl halides is 3. The van der Waals surface area contributed by atoms with Gasteiger partial charge in [0.25, 0.3) is 0 Å². The van der Waals surface area contributed by atoms with Crippen LogP contribution in [0.3, 0.4) is 0 Å². The second kappa shape index (κ2) is 4.72. The molecular weight excluding hydrogens is 247 g/mol. The summed E-state index contributed by atoms with van der Waals surface area (Å²) in [5, 5.41) is 0. The summed E-state index contributed by atoms with van der Waals surface area (Å²) in [6, 6.07) is 8.35. The van der Waals surface area contributed by atoms with Gasteiger partial charge in [0.1, 0.15) is 0 Å². The monoisotopic (exact) mass is 257 g/mol. The molecule has 0 amide bonds. The van der Waals surface area contributed by atoms with E-state index in [-0.39, 0.29) is 12.5 Å². The summed E-state index contributed by atoms with van der Waals surface area (Å²) in [5.74, 6) is -0.699. The van der Waals surface area contributed by atoms with Crippen molar-refractivity contribution in [3.8, 4) is 17.4 Å². The van der Waals surface area contributed by atoms with Crippen LogP contribution in [0.5, 0.6) is 5.95 Å². The minimum atomic E-state index is -4.60. The molecule has 0 fully saturated rings. The maximum atomic E-state index is 12.7. The van der Waals surface area contributed by atoms with Crippen LogP contribution in [0.1, 0.15) is 12.6 Å². The fourth-order valence-corrected chi connectivity index (χ4v) is 1.42. The Morgan fingerprint density at radius 2 is 1.89 bits per heavy atom. The Morgan fingerprint density at radius 3 is 2.44 bits per heavy atom. The van der Waals surface area contributed by atoms with Gasteiger partial charge in [-0.25, -0.2) is 4.98 Å². The summed E-state index contributed by atoms with van der Waals surface area (Å²) in [5.41, 5.74) is -0.669. The highest BCUT2D eigenvalue weighted by molar-refractivity contribution is 5.54. The smallest absolute Gasteiger partial charge is 0.440 e. The molecule has 2 rings (SSSR count). The van der Waals surface area contributed by atoms with Crippen molar-refractivity contribution in [2.45, 2.75) is 13.1 Å². The van der Waals surface area contributed by atoms with Crippen LogP contribution in [0.2, 0.25) is 0 Å². The molecule has 0 aliphatic rings. The van der Waals surface area contributed by atoms with Crippen LogP contribution < -0.4 is 4.74 Å². The zero-order valence-electron chi connectivity index (χ0n) is 9.49. The minimum absolute atomic E-state index is 0.0759. The lowest BCUT2D eigenvalue weighted by Gasteiger charge is -2.03. The molecule has 1 aromatic heterocycles. The molecule has 18 heavy (non-hydrogen) atoms. The summed E-state index contributed by atoms with van der Waals surface area (Å²) < 4.78 is 47.9. The molecule has 1 heterocycles. The molecule has 2 aromatic rings. The number of oxazole rings is 1. The summed E-state index contributed by atoms with van der Waals surface area (Å²) in [6.07, 6.45) is -4.60. The molecule has 0 unspecified atom stereocenters. The third-order valence-corrected chi connectivity index (χ3v) is 2.16. The van der Waals surface area contributed by atoms with E-state index in [1.807, 2.05) is 0 Å². The average molecular weight is 257 g/mol. The quantitative estimate of drug-likeness (QED) is 0.839. The highest BCUT2D eigenvalue weighted by atomic mass is 19.4. The summed E-state index contributed by atoms with van der Waals surface area (Å²) in [6.45, 7) is 1.65. The van der Waals surface area contributed by atoms with E-state index in [1.54, 1.807) is 37.3 Å². The largest absolute Gasteiger partial charge is 0.464 e. The molecule has 0 aliphatic carbocycles. The number of ether oxygens (including phenoxy) is 1. The van der Waals surface area contributed by atoms with Gasteiger partial charge >= 0.3 is 12.1 Å². The van der Waals surface area contributed by atoms with Crippen LogP contribution in [0.25, 0.3) is 11.5 Å². The van der Waals surface area contributed by atoms with Crippen molar-refractivity contribution in [1.82, 2.24) is 4.98 Å². The van der Waals surface area contributed by atoms with Crippen molar-refractivity contribution in [2.75, 3.05) is 6.61 Å². The van der Waals surface area contributed by atoms with E-state index in [9.17, 15) is 13.2 Å². The Balaban J connectivity index is 2.46. The molecule has 0 atom stereocenters. The number of nitrogens with zero attached hydrogens (tertiary/aromatic N) is 1. The molecule has 0 bridgehead atoms. The normalized spacial score (nSPS) is 11.6. The molecule has 0 radical (unpaired) electrons. The zero-order valence-corrected chi connectivity index (χ0v) is 9.49. The lowest BCUT2D eigenvalue weighted by Crippen LogP contribution is -2.08. The molecule has 1 aromatic carbocycles. The number of hydrogen-bond donors (Lipinski definition) is 0. The molecule has 96 valence electrons. The topological polar surface area (TPSA) is 35.3 Å². The summed E-state index contributed by atoms with van der Waals surface area (Å²) in [4.78, 5) is 3.45. The van der Waals surface area contributed by atoms with E-state index in [0.717, 1.165) is 0 Å². The first-order valence-corrected chi connectivity index (χ1v) is 5.28. The summed E-state index contributed by atoms with van der Waals surface area (Å²) >= 11 is 0. The van der Waals surface area contributed by atoms with Crippen molar-refractivity contribution in [2.24, 2.45) is 0 Å². The van der Waals surface area contributed by atoms with Gasteiger partial charge in [0.15, 0.2) is 0 Å². The fraction of sp³-hybridized carbons (Fsp3) is 0.250. The van der Waals surface area contributed by atoms with E-state index in [0.29, 0.717) is 5.56 Å². The molecular formula is C12H10F3NO2. The van der Waals surface area contributed by atoms with E-state index in [2.05, 4.69) is 4.98 Å². The number of aromatic nitrogens is 1. The van der Waals surface area contributed by atoms with Crippen LogP contribution in [0, 0.1) is 0 Å². The number of benzene rings is 1. The van der Waals surface area contributed by atoms with Crippen molar-refractivity contribution >= 4 is 0 Å². The SMILES string of the molecule is CCOc1oc(-c2ccccc2)nc1C(F)(F)F. The average Bonchev–Trinajstić information content (AvgIpc) is 2.75. The van der Waals surface area contributed by atoms with Crippen LogP contribution in [-0.2, 0) is 6.18 Å². The van der Waals surface area contributed by atoms with Crippen LogP contribution in [0.4, 0.5) is 13.2 Å². The van der Waals surface area contributed by atoms with Gasteiger partial charge in [-0.05, 0) is 19.1 Å². The molecule has 3 nitrogen and oxygen atoms in total. The fourth-order valence-electron chi connectivity index (χ4n) is 1.42. The molecule has 0 aliphatic heterocycles. The van der Waals surface area contributed by atoms with Gasteiger partial charge in [0.05, 0.1) is 6.61 Å². The van der Waals surface area contributed by atoms with Gasteiger partial charge in [-0.1, -0.05) is 18.2 Å². The highest BCUT2D eigenvalue weighted by Gasteiger charge is 2.40.